The van der Waals surface area contributed by atoms with Crippen molar-refractivity contribution in [3.63, 3.8) is 0 Å². The summed E-state index contributed by atoms with van der Waals surface area (Å²) < 4.78 is 19.8. The number of ether oxygens (including phenoxy) is 3. The van der Waals surface area contributed by atoms with Crippen molar-refractivity contribution in [1.29, 1.82) is 0 Å². The third-order valence-corrected chi connectivity index (χ3v) is 9.24. The molecule has 0 fully saturated rings. The van der Waals surface area contributed by atoms with E-state index in [4.69, 9.17) is 19.2 Å². The summed E-state index contributed by atoms with van der Waals surface area (Å²) in [5, 5.41) is 16.1. The number of hydrogen-bond donors (Lipinski definition) is 0. The Kier molecular flexibility index (Phi) is 9.82. The lowest BCUT2D eigenvalue weighted by Gasteiger charge is -2.18. The van der Waals surface area contributed by atoms with Crippen LogP contribution in [0, 0.1) is 17.0 Å². The van der Waals surface area contributed by atoms with Gasteiger partial charge in [-0.2, -0.15) is 9.78 Å². The minimum Gasteiger partial charge on any atom is -0.496 e. The van der Waals surface area contributed by atoms with Crippen LogP contribution in [0.3, 0.4) is 0 Å². The Balaban J connectivity index is 1.65. The van der Waals surface area contributed by atoms with Crippen LogP contribution in [0.25, 0.3) is 22.3 Å². The van der Waals surface area contributed by atoms with E-state index in [1.54, 1.807) is 31.4 Å². The SMILES string of the molecule is CCOc1cc(C=Nn2c(-c3cc(C(C)C)c(OC)cc3C)nc3ccccc3c2=O)c(Br)c(Br)c1Oc1ccc([N+](=O)[O-])cn1. The van der Waals surface area contributed by atoms with Gasteiger partial charge in [-0.15, -0.1) is 0 Å². The quantitative estimate of drug-likeness (QED) is 0.0790. The van der Waals surface area contributed by atoms with Crippen LogP contribution in [0.1, 0.15) is 43.4 Å². The van der Waals surface area contributed by atoms with E-state index < -0.39 is 4.92 Å². The van der Waals surface area contributed by atoms with E-state index in [2.05, 4.69) is 55.8 Å². The lowest BCUT2D eigenvalue weighted by molar-refractivity contribution is -0.385. The van der Waals surface area contributed by atoms with Gasteiger partial charge in [0.1, 0.15) is 11.9 Å². The van der Waals surface area contributed by atoms with Crippen LogP contribution in [-0.4, -0.2) is 39.5 Å². The molecule has 11 nitrogen and oxygen atoms in total. The normalized spacial score (nSPS) is 11.4. The van der Waals surface area contributed by atoms with Gasteiger partial charge in [0, 0.05) is 27.7 Å². The molecule has 0 unspecified atom stereocenters. The van der Waals surface area contributed by atoms with Crippen LogP contribution in [0.4, 0.5) is 5.69 Å². The van der Waals surface area contributed by atoms with Crippen LogP contribution in [0.15, 0.2) is 79.6 Å². The minimum atomic E-state index is -0.538. The molecular formula is C33H29Br2N5O6. The Morgan fingerprint density at radius 1 is 1.09 bits per heavy atom. The summed E-state index contributed by atoms with van der Waals surface area (Å²) in [7, 11) is 1.64. The summed E-state index contributed by atoms with van der Waals surface area (Å²) in [6.45, 7) is 8.24. The van der Waals surface area contributed by atoms with Crippen molar-refractivity contribution in [3.05, 3.63) is 107 Å². The van der Waals surface area contributed by atoms with Crippen molar-refractivity contribution in [2.75, 3.05) is 13.7 Å². The van der Waals surface area contributed by atoms with E-state index in [0.29, 0.717) is 49.3 Å². The summed E-state index contributed by atoms with van der Waals surface area (Å²) in [4.78, 5) is 33.3. The molecule has 0 spiro atoms. The summed E-state index contributed by atoms with van der Waals surface area (Å²) in [6.07, 6.45) is 2.65. The fourth-order valence-corrected chi connectivity index (χ4v) is 5.70. The first kappa shape index (κ1) is 32.8. The number of aromatic nitrogens is 3. The van der Waals surface area contributed by atoms with Gasteiger partial charge in [0.05, 0.1) is 40.2 Å². The van der Waals surface area contributed by atoms with Crippen LogP contribution in [0.5, 0.6) is 23.1 Å². The van der Waals surface area contributed by atoms with Gasteiger partial charge in [-0.05, 0) is 93.1 Å². The Hall–Kier alpha value is -4.62. The van der Waals surface area contributed by atoms with E-state index in [9.17, 15) is 14.9 Å². The van der Waals surface area contributed by atoms with Crippen LogP contribution >= 0.6 is 31.9 Å². The Morgan fingerprint density at radius 3 is 2.50 bits per heavy atom. The van der Waals surface area contributed by atoms with Gasteiger partial charge < -0.3 is 14.2 Å². The largest absolute Gasteiger partial charge is 0.496 e. The highest BCUT2D eigenvalue weighted by atomic mass is 79.9. The summed E-state index contributed by atoms with van der Waals surface area (Å²) in [5.41, 5.74) is 3.23. The summed E-state index contributed by atoms with van der Waals surface area (Å²) in [5.74, 6) is 2.09. The number of para-hydroxylation sites is 1. The van der Waals surface area contributed by atoms with Gasteiger partial charge >= 0.3 is 0 Å². The number of halogens is 2. The molecule has 0 aliphatic heterocycles. The fourth-order valence-electron chi connectivity index (χ4n) is 4.79. The number of rotatable bonds is 10. The standard InChI is InChI=1S/C33H29Br2N5O6/c1-6-45-27-14-20(29(34)30(35)31(27)46-28-12-11-21(17-36-28)40(42)43)16-37-39-32(38-25-10-8-7-9-22(25)33(39)41)24-15-23(18(2)3)26(44-5)13-19(24)4/h7-18H,6H2,1-5H3. The van der Waals surface area contributed by atoms with E-state index in [1.807, 2.05) is 32.0 Å². The maximum atomic E-state index is 13.9. The molecule has 5 rings (SSSR count). The molecule has 0 aliphatic rings. The highest BCUT2D eigenvalue weighted by Gasteiger charge is 2.21. The fraction of sp³-hybridized carbons (Fsp3) is 0.212. The smallest absolute Gasteiger partial charge is 0.287 e. The molecule has 0 saturated heterocycles. The zero-order chi connectivity index (χ0) is 33.1. The molecule has 0 saturated carbocycles. The van der Waals surface area contributed by atoms with Crippen molar-refractivity contribution in [1.82, 2.24) is 14.6 Å². The topological polar surface area (TPSA) is 131 Å². The van der Waals surface area contributed by atoms with Crippen molar-refractivity contribution in [3.8, 4) is 34.5 Å². The number of aryl methyl sites for hydroxylation is 1. The molecule has 3 aromatic carbocycles. The van der Waals surface area contributed by atoms with Gasteiger partial charge in [0.15, 0.2) is 17.3 Å². The maximum Gasteiger partial charge on any atom is 0.287 e. The molecular weight excluding hydrogens is 722 g/mol. The monoisotopic (exact) mass is 749 g/mol. The van der Waals surface area contributed by atoms with Gasteiger partial charge in [-0.3, -0.25) is 14.9 Å². The average Bonchev–Trinajstić information content (AvgIpc) is 3.04. The Bertz CT molecular complexity index is 2040. The third kappa shape index (κ3) is 6.51. The van der Waals surface area contributed by atoms with Gasteiger partial charge in [0.2, 0.25) is 5.88 Å². The number of hydrogen-bond acceptors (Lipinski definition) is 9. The second kappa shape index (κ2) is 13.8. The first-order valence-corrected chi connectivity index (χ1v) is 15.8. The number of methoxy groups -OCH3 is 1. The highest BCUT2D eigenvalue weighted by Crippen LogP contribution is 2.44. The maximum absolute atomic E-state index is 13.9. The van der Waals surface area contributed by atoms with Crippen molar-refractivity contribution in [2.45, 2.75) is 33.6 Å². The molecule has 2 aromatic heterocycles. The third-order valence-electron chi connectivity index (χ3n) is 7.10. The number of fused-ring (bicyclic) bond motifs is 1. The number of nitro groups is 1. The zero-order valence-electron chi connectivity index (χ0n) is 25.6. The first-order chi connectivity index (χ1) is 22.0. The minimum absolute atomic E-state index is 0.134. The lowest BCUT2D eigenvalue weighted by atomic mass is 9.96. The van der Waals surface area contributed by atoms with Gasteiger partial charge in [0.25, 0.3) is 11.2 Å². The molecule has 13 heteroatoms. The van der Waals surface area contributed by atoms with E-state index in [-0.39, 0.29) is 23.0 Å². The highest BCUT2D eigenvalue weighted by molar-refractivity contribution is 9.13. The van der Waals surface area contributed by atoms with Gasteiger partial charge in [-0.1, -0.05) is 26.0 Å². The van der Waals surface area contributed by atoms with Crippen molar-refractivity contribution < 1.29 is 19.1 Å². The Labute approximate surface area is 281 Å². The zero-order valence-corrected chi connectivity index (χ0v) is 28.7. The first-order valence-electron chi connectivity index (χ1n) is 14.2. The molecule has 0 bridgehead atoms. The molecule has 2 heterocycles. The molecule has 46 heavy (non-hydrogen) atoms. The number of pyridine rings is 1. The molecule has 0 radical (unpaired) electrons. The molecule has 0 aliphatic carbocycles. The second-order valence-electron chi connectivity index (χ2n) is 10.4. The van der Waals surface area contributed by atoms with Crippen LogP contribution in [0.2, 0.25) is 0 Å². The van der Waals surface area contributed by atoms with Crippen LogP contribution in [-0.2, 0) is 0 Å². The van der Waals surface area contributed by atoms with Gasteiger partial charge in [-0.25, -0.2) is 9.97 Å². The molecule has 5 aromatic rings. The number of benzene rings is 3. The molecule has 236 valence electrons. The number of nitrogens with zero attached hydrogens (tertiary/aromatic N) is 5. The van der Waals surface area contributed by atoms with E-state index in [1.165, 1.54) is 23.0 Å². The van der Waals surface area contributed by atoms with Crippen LogP contribution < -0.4 is 19.8 Å². The lowest BCUT2D eigenvalue weighted by Crippen LogP contribution is -2.21. The van der Waals surface area contributed by atoms with E-state index in [0.717, 1.165) is 28.6 Å². The average molecular weight is 751 g/mol. The van der Waals surface area contributed by atoms with Crippen molar-refractivity contribution in [2.24, 2.45) is 5.10 Å². The van der Waals surface area contributed by atoms with Crippen molar-refractivity contribution >= 4 is 54.7 Å². The summed E-state index contributed by atoms with van der Waals surface area (Å²) >= 11 is 7.18. The second-order valence-corrected chi connectivity index (χ2v) is 12.0. The predicted molar refractivity (Wildman–Crippen MR) is 184 cm³/mol. The van der Waals surface area contributed by atoms with E-state index >= 15 is 0 Å². The molecule has 0 N–H and O–H groups in total. The molecule has 0 atom stereocenters. The Morgan fingerprint density at radius 2 is 1.85 bits per heavy atom. The summed E-state index contributed by atoms with van der Waals surface area (Å²) in [6, 6.07) is 15.5. The molecule has 0 amide bonds. The predicted octanol–water partition coefficient (Wildman–Crippen LogP) is 8.41.